The van der Waals surface area contributed by atoms with Crippen LogP contribution in [0.15, 0.2) is 47.3 Å². The Morgan fingerprint density at radius 2 is 1.74 bits per heavy atom. The normalized spacial score (nSPS) is 11.7. The average Bonchev–Trinajstić information content (AvgIpc) is 2.89. The summed E-state index contributed by atoms with van der Waals surface area (Å²) < 4.78 is 2.48. The van der Waals surface area contributed by atoms with E-state index in [0.29, 0.717) is 11.6 Å². The van der Waals surface area contributed by atoms with Crippen LogP contribution in [0.25, 0.3) is 22.0 Å². The molecule has 4 aromatic rings. The van der Waals surface area contributed by atoms with E-state index < -0.39 is 0 Å². The molecule has 0 radical (unpaired) electrons. The van der Waals surface area contributed by atoms with E-state index in [4.69, 9.17) is 0 Å². The van der Waals surface area contributed by atoms with Gasteiger partial charge >= 0.3 is 5.82 Å². The summed E-state index contributed by atoms with van der Waals surface area (Å²) in [4.78, 5) is 40.7. The molecule has 0 amide bonds. The summed E-state index contributed by atoms with van der Waals surface area (Å²) in [6.45, 7) is 6.05. The first kappa shape index (κ1) is 26.6. The Bertz CT molecular complexity index is 1640. The van der Waals surface area contributed by atoms with Crippen molar-refractivity contribution in [3.8, 4) is 23.0 Å². The number of nitrogens with zero attached hydrogens (tertiary/aromatic N) is 6. The molecule has 0 fully saturated rings. The van der Waals surface area contributed by atoms with Crippen molar-refractivity contribution >= 4 is 22.7 Å². The molecule has 0 saturated heterocycles. The van der Waals surface area contributed by atoms with Crippen LogP contribution >= 0.6 is 0 Å². The first-order valence-electron chi connectivity index (χ1n) is 12.4. The third-order valence-electron chi connectivity index (χ3n) is 6.45. The van der Waals surface area contributed by atoms with Crippen LogP contribution in [0.5, 0.6) is 0 Å². The summed E-state index contributed by atoms with van der Waals surface area (Å²) in [6.07, 6.45) is 0. The van der Waals surface area contributed by atoms with E-state index >= 15 is 0 Å². The molecule has 0 bridgehead atoms. The second kappa shape index (κ2) is 10.9. The van der Waals surface area contributed by atoms with Crippen molar-refractivity contribution < 1.29 is 4.76 Å². The highest BCUT2D eigenvalue weighted by Crippen LogP contribution is 2.30. The Morgan fingerprint density at radius 3 is 2.39 bits per heavy atom. The van der Waals surface area contributed by atoms with Crippen LogP contribution in [0, 0.1) is 30.6 Å². The molecule has 9 nitrogen and oxygen atoms in total. The lowest BCUT2D eigenvalue weighted by molar-refractivity contribution is -0.470. The average molecular weight is 511 g/mol. The van der Waals surface area contributed by atoms with Gasteiger partial charge in [0.1, 0.15) is 6.54 Å². The molecule has 1 N–H and O–H groups in total. The van der Waals surface area contributed by atoms with Gasteiger partial charge < -0.3 is 14.8 Å². The molecule has 3 aromatic heterocycles. The van der Waals surface area contributed by atoms with Gasteiger partial charge in [-0.15, -0.1) is 0 Å². The van der Waals surface area contributed by atoms with Gasteiger partial charge in [-0.3, -0.25) is 4.79 Å². The van der Waals surface area contributed by atoms with Crippen LogP contribution in [0.4, 0.5) is 11.8 Å². The molecule has 1 aromatic carbocycles. The SMILES string of the molecule is CNC(C)C[N+](=O)c1ccc(-c2c(C)nc(N(C)C)nc2C)c(C#Cc2ccc3c(ccc(=O)n3C)c2)n1. The van der Waals surface area contributed by atoms with Crippen LogP contribution in [0.1, 0.15) is 29.6 Å². The highest BCUT2D eigenvalue weighted by atomic mass is 16.3. The Labute approximate surface area is 222 Å². The molecule has 1 atom stereocenters. The molecule has 0 aliphatic carbocycles. The van der Waals surface area contributed by atoms with E-state index in [1.807, 2.05) is 71.1 Å². The quantitative estimate of drug-likeness (QED) is 0.313. The minimum atomic E-state index is -0.0648. The minimum absolute atomic E-state index is 0.00598. The summed E-state index contributed by atoms with van der Waals surface area (Å²) >= 11 is 0. The summed E-state index contributed by atoms with van der Waals surface area (Å²) in [5, 5.41) is 3.99. The van der Waals surface area contributed by atoms with E-state index in [-0.39, 0.29) is 24.0 Å². The summed E-state index contributed by atoms with van der Waals surface area (Å²) in [5.74, 6) is 7.31. The van der Waals surface area contributed by atoms with Gasteiger partial charge in [0.25, 0.3) is 5.56 Å². The molecular weight excluding hydrogens is 478 g/mol. The largest absolute Gasteiger partial charge is 0.362 e. The molecule has 3 heterocycles. The second-order valence-electron chi connectivity index (χ2n) is 9.53. The second-order valence-corrected chi connectivity index (χ2v) is 9.53. The van der Waals surface area contributed by atoms with Gasteiger partial charge in [0.05, 0.1) is 16.9 Å². The number of likely N-dealkylation sites (N-methyl/N-ethyl adjacent to an activating group) is 1. The van der Waals surface area contributed by atoms with Crippen molar-refractivity contribution in [3.05, 3.63) is 80.4 Å². The number of hydrogen-bond acceptors (Lipinski definition) is 7. The van der Waals surface area contributed by atoms with Crippen molar-refractivity contribution in [1.29, 1.82) is 0 Å². The lowest BCUT2D eigenvalue weighted by Crippen LogP contribution is -2.29. The lowest BCUT2D eigenvalue weighted by atomic mass is 10.0. The fraction of sp³-hybridized carbons (Fsp3) is 0.310. The molecular formula is C29H32N7O2+. The zero-order valence-corrected chi connectivity index (χ0v) is 22.8. The van der Waals surface area contributed by atoms with Gasteiger partial charge in [0.15, 0.2) is 0 Å². The predicted octanol–water partition coefficient (Wildman–Crippen LogP) is 3.49. The number of fused-ring (bicyclic) bond motifs is 1. The predicted molar refractivity (Wildman–Crippen MR) is 151 cm³/mol. The van der Waals surface area contributed by atoms with E-state index in [9.17, 15) is 9.70 Å². The number of aryl methyl sites for hydroxylation is 3. The van der Waals surface area contributed by atoms with Crippen LogP contribution in [-0.4, -0.2) is 58.0 Å². The Hall–Kier alpha value is -4.42. The van der Waals surface area contributed by atoms with Gasteiger partial charge in [-0.05, 0) is 79.2 Å². The number of nitrogens with one attached hydrogen (secondary N) is 1. The minimum Gasteiger partial charge on any atom is -0.347 e. The molecule has 0 aliphatic heterocycles. The molecule has 38 heavy (non-hydrogen) atoms. The highest BCUT2D eigenvalue weighted by molar-refractivity contribution is 5.81. The molecule has 0 saturated carbocycles. The Balaban J connectivity index is 1.85. The van der Waals surface area contributed by atoms with E-state index in [2.05, 4.69) is 32.1 Å². The van der Waals surface area contributed by atoms with Crippen molar-refractivity contribution in [3.63, 3.8) is 0 Å². The fourth-order valence-electron chi connectivity index (χ4n) is 4.20. The summed E-state index contributed by atoms with van der Waals surface area (Å²) in [6, 6.07) is 12.6. The van der Waals surface area contributed by atoms with Crippen LogP contribution in [0.3, 0.4) is 0 Å². The van der Waals surface area contributed by atoms with E-state index in [0.717, 1.165) is 43.7 Å². The van der Waals surface area contributed by atoms with Gasteiger partial charge in [-0.1, -0.05) is 10.8 Å². The monoisotopic (exact) mass is 510 g/mol. The van der Waals surface area contributed by atoms with Crippen molar-refractivity contribution in [2.24, 2.45) is 7.05 Å². The summed E-state index contributed by atoms with van der Waals surface area (Å²) in [5.41, 5.74) is 5.20. The van der Waals surface area contributed by atoms with Gasteiger partial charge in [0, 0.05) is 56.0 Å². The molecule has 9 heteroatoms. The Morgan fingerprint density at radius 1 is 1.03 bits per heavy atom. The van der Waals surface area contributed by atoms with Crippen molar-refractivity contribution in [1.82, 2.24) is 24.8 Å². The first-order chi connectivity index (χ1) is 18.1. The van der Waals surface area contributed by atoms with Crippen molar-refractivity contribution in [2.75, 3.05) is 32.6 Å². The number of hydrogen-bond donors (Lipinski definition) is 1. The highest BCUT2D eigenvalue weighted by Gasteiger charge is 2.23. The number of aromatic nitrogens is 4. The molecule has 194 valence electrons. The number of nitroso groups, excluding NO2 is 1. The topological polar surface area (TPSA) is 96.0 Å². The summed E-state index contributed by atoms with van der Waals surface area (Å²) in [7, 11) is 7.36. The molecule has 0 spiro atoms. The molecule has 4 rings (SSSR count). The third-order valence-corrected chi connectivity index (χ3v) is 6.45. The maximum absolute atomic E-state index is 12.9. The standard InChI is InChI=1S/C29H32N7O2/c1-18(30-4)17-36(38)26-14-11-23(28-19(2)31-29(34(5)6)32-20(28)3)24(33-26)12-8-21-9-13-25-22(16-21)10-15-27(37)35(25)7/h9-11,13-16,18,30H,17H2,1-7H3/q+1. The number of pyridine rings is 2. The van der Waals surface area contributed by atoms with Gasteiger partial charge in [-0.25, -0.2) is 9.97 Å². The maximum atomic E-state index is 12.9. The third kappa shape index (κ3) is 5.45. The molecule has 0 aliphatic rings. The lowest BCUT2D eigenvalue weighted by Gasteiger charge is -2.15. The zero-order chi connectivity index (χ0) is 27.6. The van der Waals surface area contributed by atoms with Gasteiger partial charge in [0.2, 0.25) is 11.6 Å². The Kier molecular flexibility index (Phi) is 7.65. The van der Waals surface area contributed by atoms with Gasteiger partial charge in [-0.2, -0.15) is 0 Å². The number of benzene rings is 1. The van der Waals surface area contributed by atoms with Crippen LogP contribution in [0.2, 0.25) is 0 Å². The zero-order valence-electron chi connectivity index (χ0n) is 22.8. The van der Waals surface area contributed by atoms with Crippen LogP contribution in [-0.2, 0) is 7.05 Å². The fourth-order valence-corrected chi connectivity index (χ4v) is 4.20. The van der Waals surface area contributed by atoms with E-state index in [1.165, 1.54) is 0 Å². The number of anilines is 1. The van der Waals surface area contributed by atoms with E-state index in [1.54, 1.807) is 29.8 Å². The number of rotatable bonds is 6. The van der Waals surface area contributed by atoms with Crippen LogP contribution < -0.4 is 15.8 Å². The van der Waals surface area contributed by atoms with Crippen molar-refractivity contribution in [2.45, 2.75) is 26.8 Å². The smallest absolute Gasteiger partial charge is 0.347 e. The first-order valence-corrected chi connectivity index (χ1v) is 12.4. The molecule has 1 unspecified atom stereocenters. The maximum Gasteiger partial charge on any atom is 0.362 e.